The SMILES string of the molecule is O=C1CC[C@H](c2ccc(C3NC(=O)NC3=O)cc2)N1. The van der Waals surface area contributed by atoms with Crippen molar-refractivity contribution in [1.82, 2.24) is 16.0 Å². The molecule has 1 unspecified atom stereocenters. The highest BCUT2D eigenvalue weighted by Crippen LogP contribution is 2.25. The molecular formula is C13H13N3O3. The van der Waals surface area contributed by atoms with Crippen LogP contribution in [0.4, 0.5) is 4.79 Å². The minimum atomic E-state index is -0.625. The summed E-state index contributed by atoms with van der Waals surface area (Å²) in [5.74, 6) is -0.275. The van der Waals surface area contributed by atoms with Crippen LogP contribution in [0.5, 0.6) is 0 Å². The first-order valence-corrected chi connectivity index (χ1v) is 6.14. The normalized spacial score (nSPS) is 26.0. The number of urea groups is 1. The highest BCUT2D eigenvalue weighted by atomic mass is 16.2. The fourth-order valence-electron chi connectivity index (χ4n) is 2.44. The second kappa shape index (κ2) is 4.38. The molecule has 2 fully saturated rings. The first-order valence-electron chi connectivity index (χ1n) is 6.14. The summed E-state index contributed by atoms with van der Waals surface area (Å²) in [7, 11) is 0. The second-order valence-electron chi connectivity index (χ2n) is 4.72. The van der Waals surface area contributed by atoms with Crippen LogP contribution in [-0.2, 0) is 9.59 Å². The van der Waals surface area contributed by atoms with Gasteiger partial charge in [0.25, 0.3) is 5.91 Å². The van der Waals surface area contributed by atoms with Crippen molar-refractivity contribution >= 4 is 17.8 Å². The molecule has 2 aliphatic rings. The van der Waals surface area contributed by atoms with E-state index in [0.717, 1.165) is 17.5 Å². The molecule has 2 aliphatic heterocycles. The van der Waals surface area contributed by atoms with Gasteiger partial charge in [-0.1, -0.05) is 24.3 Å². The first-order chi connectivity index (χ1) is 9.13. The number of imide groups is 1. The smallest absolute Gasteiger partial charge is 0.322 e. The van der Waals surface area contributed by atoms with Gasteiger partial charge in [0.2, 0.25) is 5.91 Å². The van der Waals surface area contributed by atoms with E-state index in [9.17, 15) is 14.4 Å². The van der Waals surface area contributed by atoms with Gasteiger partial charge < -0.3 is 10.6 Å². The summed E-state index contributed by atoms with van der Waals surface area (Å²) >= 11 is 0. The van der Waals surface area contributed by atoms with Gasteiger partial charge in [-0.15, -0.1) is 0 Å². The van der Waals surface area contributed by atoms with Crippen molar-refractivity contribution in [3.05, 3.63) is 35.4 Å². The number of hydrogen-bond donors (Lipinski definition) is 3. The lowest BCUT2D eigenvalue weighted by molar-refractivity contribution is -0.120. The quantitative estimate of drug-likeness (QED) is 0.676. The van der Waals surface area contributed by atoms with Crippen LogP contribution in [0.2, 0.25) is 0 Å². The van der Waals surface area contributed by atoms with E-state index in [4.69, 9.17) is 0 Å². The number of amides is 4. The molecule has 0 saturated carbocycles. The van der Waals surface area contributed by atoms with Crippen molar-refractivity contribution in [3.63, 3.8) is 0 Å². The van der Waals surface area contributed by atoms with E-state index in [2.05, 4.69) is 16.0 Å². The Bertz CT molecular complexity index is 553. The lowest BCUT2D eigenvalue weighted by Crippen LogP contribution is -2.22. The summed E-state index contributed by atoms with van der Waals surface area (Å²) in [6, 6.07) is 6.31. The Morgan fingerprint density at radius 1 is 0.947 bits per heavy atom. The maximum Gasteiger partial charge on any atom is 0.322 e. The van der Waals surface area contributed by atoms with Gasteiger partial charge in [0.1, 0.15) is 6.04 Å². The van der Waals surface area contributed by atoms with Gasteiger partial charge >= 0.3 is 6.03 Å². The molecule has 4 amide bonds. The van der Waals surface area contributed by atoms with Crippen LogP contribution in [0, 0.1) is 0 Å². The molecule has 2 heterocycles. The molecule has 3 N–H and O–H groups in total. The van der Waals surface area contributed by atoms with E-state index >= 15 is 0 Å². The van der Waals surface area contributed by atoms with Crippen LogP contribution in [-0.4, -0.2) is 17.8 Å². The Hall–Kier alpha value is -2.37. The third-order valence-electron chi connectivity index (χ3n) is 3.44. The Kier molecular flexibility index (Phi) is 2.70. The molecule has 6 heteroatoms. The van der Waals surface area contributed by atoms with Gasteiger partial charge in [0.15, 0.2) is 0 Å². The van der Waals surface area contributed by atoms with Crippen molar-refractivity contribution in [2.45, 2.75) is 24.9 Å². The highest BCUT2D eigenvalue weighted by molar-refractivity contribution is 6.04. The predicted molar refractivity (Wildman–Crippen MR) is 66.0 cm³/mol. The summed E-state index contributed by atoms with van der Waals surface area (Å²) in [5, 5.41) is 7.63. The minimum absolute atomic E-state index is 0.0496. The molecule has 98 valence electrons. The van der Waals surface area contributed by atoms with E-state index in [0.29, 0.717) is 6.42 Å². The summed E-state index contributed by atoms with van der Waals surface area (Å²) in [5.41, 5.74) is 1.75. The molecule has 0 radical (unpaired) electrons. The van der Waals surface area contributed by atoms with Gasteiger partial charge in [-0.3, -0.25) is 14.9 Å². The van der Waals surface area contributed by atoms with Crippen molar-refractivity contribution in [2.75, 3.05) is 0 Å². The fourth-order valence-corrected chi connectivity index (χ4v) is 2.44. The van der Waals surface area contributed by atoms with Gasteiger partial charge in [-0.2, -0.15) is 0 Å². The zero-order valence-electron chi connectivity index (χ0n) is 10.1. The Labute approximate surface area is 109 Å². The zero-order chi connectivity index (χ0) is 13.4. The maximum atomic E-state index is 11.5. The highest BCUT2D eigenvalue weighted by Gasteiger charge is 2.31. The van der Waals surface area contributed by atoms with Crippen molar-refractivity contribution in [1.29, 1.82) is 0 Å². The number of carbonyl (C=O) groups is 3. The van der Waals surface area contributed by atoms with Crippen LogP contribution >= 0.6 is 0 Å². The molecule has 2 saturated heterocycles. The Morgan fingerprint density at radius 3 is 2.16 bits per heavy atom. The first kappa shape index (κ1) is 11.7. The summed E-state index contributed by atoms with van der Waals surface area (Å²) < 4.78 is 0. The van der Waals surface area contributed by atoms with Gasteiger partial charge in [-0.25, -0.2) is 4.79 Å². The van der Waals surface area contributed by atoms with E-state index in [1.807, 2.05) is 12.1 Å². The Morgan fingerprint density at radius 2 is 1.63 bits per heavy atom. The van der Waals surface area contributed by atoms with Crippen LogP contribution in [0.25, 0.3) is 0 Å². The van der Waals surface area contributed by atoms with Gasteiger partial charge in [0, 0.05) is 6.42 Å². The molecular weight excluding hydrogens is 246 g/mol. The van der Waals surface area contributed by atoms with Crippen LogP contribution < -0.4 is 16.0 Å². The zero-order valence-corrected chi connectivity index (χ0v) is 10.1. The average Bonchev–Trinajstić information content (AvgIpc) is 2.96. The van der Waals surface area contributed by atoms with Crippen molar-refractivity contribution in [2.24, 2.45) is 0 Å². The number of hydrogen-bond acceptors (Lipinski definition) is 3. The topological polar surface area (TPSA) is 87.3 Å². The molecule has 0 bridgehead atoms. The number of rotatable bonds is 2. The summed E-state index contributed by atoms with van der Waals surface area (Å²) in [6.07, 6.45) is 1.34. The van der Waals surface area contributed by atoms with Crippen LogP contribution in [0.15, 0.2) is 24.3 Å². The molecule has 0 aromatic heterocycles. The second-order valence-corrected chi connectivity index (χ2v) is 4.72. The molecule has 0 spiro atoms. The molecule has 0 aliphatic carbocycles. The number of nitrogens with one attached hydrogen (secondary N) is 3. The lowest BCUT2D eigenvalue weighted by Gasteiger charge is -2.12. The fraction of sp³-hybridized carbons (Fsp3) is 0.308. The third-order valence-corrected chi connectivity index (χ3v) is 3.44. The maximum absolute atomic E-state index is 11.5. The predicted octanol–water partition coefficient (Wildman–Crippen LogP) is 0.518. The molecule has 1 aromatic carbocycles. The molecule has 2 atom stereocenters. The van der Waals surface area contributed by atoms with Gasteiger partial charge in [-0.05, 0) is 17.5 Å². The van der Waals surface area contributed by atoms with E-state index < -0.39 is 12.1 Å². The Balaban J connectivity index is 1.77. The monoisotopic (exact) mass is 259 g/mol. The van der Waals surface area contributed by atoms with Crippen LogP contribution in [0.1, 0.15) is 36.1 Å². The largest absolute Gasteiger partial charge is 0.349 e. The lowest BCUT2D eigenvalue weighted by atomic mass is 10.0. The third kappa shape index (κ3) is 2.16. The van der Waals surface area contributed by atoms with Crippen molar-refractivity contribution < 1.29 is 14.4 Å². The van der Waals surface area contributed by atoms with E-state index in [1.54, 1.807) is 12.1 Å². The number of carbonyl (C=O) groups excluding carboxylic acids is 3. The molecule has 1 aromatic rings. The van der Waals surface area contributed by atoms with E-state index in [-0.39, 0.29) is 17.9 Å². The summed E-state index contributed by atoms with van der Waals surface area (Å²) in [6.45, 7) is 0. The van der Waals surface area contributed by atoms with Crippen LogP contribution in [0.3, 0.4) is 0 Å². The van der Waals surface area contributed by atoms with Crippen molar-refractivity contribution in [3.8, 4) is 0 Å². The number of benzene rings is 1. The van der Waals surface area contributed by atoms with Gasteiger partial charge in [0.05, 0.1) is 6.04 Å². The summed E-state index contributed by atoms with van der Waals surface area (Å²) in [4.78, 5) is 33.7. The molecule has 6 nitrogen and oxygen atoms in total. The average molecular weight is 259 g/mol. The molecule has 19 heavy (non-hydrogen) atoms. The standard InChI is InChI=1S/C13H13N3O3/c17-10-6-5-9(14-10)7-1-3-8(4-2-7)11-12(18)16-13(19)15-11/h1-4,9,11H,5-6H2,(H,14,17)(H2,15,16,18,19)/t9-,11?/m1/s1. The molecule has 3 rings (SSSR count). The minimum Gasteiger partial charge on any atom is -0.349 e. The van der Waals surface area contributed by atoms with E-state index in [1.165, 1.54) is 0 Å².